The minimum Gasteiger partial charge on any atom is -0.461 e. The minimum absolute atomic E-state index is 0.200. The molecular weight excluding hydrogens is 721 g/mol. The lowest BCUT2D eigenvalue weighted by Crippen LogP contribution is -2.09. The Kier molecular flexibility index (Phi) is 8.52. The molecule has 0 aliphatic rings. The Labute approximate surface area is 333 Å². The summed E-state index contributed by atoms with van der Waals surface area (Å²) in [6.07, 6.45) is 3.87. The first-order chi connectivity index (χ1) is 28.6. The topological polar surface area (TPSA) is 87.2 Å². The molecule has 5 heterocycles. The van der Waals surface area contributed by atoms with Crippen molar-refractivity contribution in [3.8, 4) is 44.8 Å². The van der Waals surface area contributed by atoms with E-state index in [1.165, 1.54) is 0 Å². The summed E-state index contributed by atoms with van der Waals surface area (Å²) in [5.74, 6) is -0.911. The number of aromatic nitrogens is 4. The number of rotatable bonds is 8. The van der Waals surface area contributed by atoms with Crippen LogP contribution in [0, 0.1) is 0 Å². The van der Waals surface area contributed by atoms with E-state index in [0.717, 1.165) is 54.8 Å². The Morgan fingerprint density at radius 2 is 0.845 bits per heavy atom. The van der Waals surface area contributed by atoms with Crippen LogP contribution in [0.2, 0.25) is 0 Å². The van der Waals surface area contributed by atoms with Gasteiger partial charge >= 0.3 is 11.9 Å². The van der Waals surface area contributed by atoms with Crippen LogP contribution in [0.1, 0.15) is 34.8 Å². The Morgan fingerprint density at radius 1 is 0.466 bits per heavy atom. The number of hydrogen-bond donors (Lipinski definition) is 0. The Balaban J connectivity index is 1.48. The lowest BCUT2D eigenvalue weighted by molar-refractivity contribution is 0.0510. The first kappa shape index (κ1) is 34.9. The maximum absolute atomic E-state index is 14.4. The van der Waals surface area contributed by atoms with E-state index in [4.69, 9.17) is 19.4 Å². The minimum atomic E-state index is -0.455. The monoisotopic (exact) mass is 756 g/mol. The molecule has 0 radical (unpaired) electrons. The second-order valence-corrected chi connectivity index (χ2v) is 14.0. The summed E-state index contributed by atoms with van der Waals surface area (Å²) in [6, 6.07) is 48.0. The Hall–Kier alpha value is -7.58. The Bertz CT molecular complexity index is 3020. The van der Waals surface area contributed by atoms with E-state index in [0.29, 0.717) is 44.9 Å². The van der Waals surface area contributed by atoms with E-state index >= 15 is 0 Å². The number of carbonyl (C=O) groups is 2. The smallest absolute Gasteiger partial charge is 0.355 e. The largest absolute Gasteiger partial charge is 0.461 e. The number of pyridine rings is 2. The van der Waals surface area contributed by atoms with Gasteiger partial charge in [0.1, 0.15) is 22.8 Å². The van der Waals surface area contributed by atoms with Crippen molar-refractivity contribution in [1.29, 1.82) is 0 Å². The van der Waals surface area contributed by atoms with Crippen LogP contribution in [0.5, 0.6) is 0 Å². The number of ether oxygens (including phenoxy) is 2. The molecule has 5 aromatic heterocycles. The van der Waals surface area contributed by atoms with Crippen LogP contribution in [0.25, 0.3) is 88.4 Å². The lowest BCUT2D eigenvalue weighted by Gasteiger charge is -2.15. The average molecular weight is 757 g/mol. The van der Waals surface area contributed by atoms with Crippen molar-refractivity contribution in [3.05, 3.63) is 169 Å². The number of esters is 2. The van der Waals surface area contributed by atoms with Crippen molar-refractivity contribution in [2.45, 2.75) is 13.8 Å². The number of para-hydroxylation sites is 2. The van der Waals surface area contributed by atoms with Crippen molar-refractivity contribution in [2.75, 3.05) is 13.2 Å². The van der Waals surface area contributed by atoms with Gasteiger partial charge in [-0.25, -0.2) is 19.6 Å². The van der Waals surface area contributed by atoms with Gasteiger partial charge in [0, 0.05) is 45.4 Å². The van der Waals surface area contributed by atoms with Crippen molar-refractivity contribution in [3.63, 3.8) is 0 Å². The highest BCUT2D eigenvalue weighted by Crippen LogP contribution is 2.50. The molecule has 58 heavy (non-hydrogen) atoms. The van der Waals surface area contributed by atoms with Crippen molar-refractivity contribution >= 4 is 55.6 Å². The molecule has 0 unspecified atom stereocenters. The van der Waals surface area contributed by atoms with Gasteiger partial charge in [-0.2, -0.15) is 0 Å². The van der Waals surface area contributed by atoms with Gasteiger partial charge in [0.15, 0.2) is 0 Å². The molecule has 0 fully saturated rings. The molecule has 0 aliphatic carbocycles. The normalized spacial score (nSPS) is 11.6. The zero-order valence-electron chi connectivity index (χ0n) is 31.8. The number of fused-ring (bicyclic) bond motifs is 7. The van der Waals surface area contributed by atoms with Crippen LogP contribution in [-0.4, -0.2) is 43.9 Å². The first-order valence-corrected chi connectivity index (χ1v) is 19.4. The van der Waals surface area contributed by atoms with Gasteiger partial charge in [-0.1, -0.05) is 121 Å². The van der Waals surface area contributed by atoms with Crippen molar-refractivity contribution in [2.24, 2.45) is 0 Å². The molecular formula is C50H36N4O4. The molecule has 10 rings (SSSR count). The maximum Gasteiger partial charge on any atom is 0.355 e. The SMILES string of the molecule is CCOC(=O)c1c(-c2ccccc2)c(-c2nc3ccccc3nc2-c2c(-c3ccccc3)c(C(=O)OCC)n3ccc4ccccc4c23)c2c3ccccc3ccn12. The molecule has 5 aromatic carbocycles. The van der Waals surface area contributed by atoms with E-state index in [1.807, 2.05) is 156 Å². The second-order valence-electron chi connectivity index (χ2n) is 14.0. The summed E-state index contributed by atoms with van der Waals surface area (Å²) >= 11 is 0. The fourth-order valence-corrected chi connectivity index (χ4v) is 8.41. The highest BCUT2D eigenvalue weighted by Gasteiger charge is 2.34. The highest BCUT2D eigenvalue weighted by atomic mass is 16.5. The number of hydrogen-bond acceptors (Lipinski definition) is 6. The van der Waals surface area contributed by atoms with Crippen molar-refractivity contribution in [1.82, 2.24) is 18.8 Å². The molecule has 0 saturated carbocycles. The predicted octanol–water partition coefficient (Wildman–Crippen LogP) is 11.5. The molecule has 0 saturated heterocycles. The zero-order valence-corrected chi connectivity index (χ0v) is 31.8. The first-order valence-electron chi connectivity index (χ1n) is 19.4. The van der Waals surface area contributed by atoms with E-state index in [1.54, 1.807) is 0 Å². The van der Waals surface area contributed by atoms with Gasteiger partial charge in [-0.15, -0.1) is 0 Å². The van der Waals surface area contributed by atoms with Crippen LogP contribution in [0.3, 0.4) is 0 Å². The van der Waals surface area contributed by atoms with E-state index in [9.17, 15) is 9.59 Å². The maximum atomic E-state index is 14.4. The molecule has 280 valence electrons. The summed E-state index contributed by atoms with van der Waals surface area (Å²) in [4.78, 5) is 39.8. The second kappa shape index (κ2) is 14.2. The van der Waals surface area contributed by atoms with Gasteiger partial charge in [-0.05, 0) is 60.0 Å². The van der Waals surface area contributed by atoms with Crippen molar-refractivity contribution < 1.29 is 19.1 Å². The molecule has 0 aliphatic heterocycles. The van der Waals surface area contributed by atoms with Gasteiger partial charge < -0.3 is 18.3 Å². The fraction of sp³-hybridized carbons (Fsp3) is 0.0800. The average Bonchev–Trinajstić information content (AvgIpc) is 3.81. The van der Waals surface area contributed by atoms with Gasteiger partial charge in [0.05, 0.1) is 35.3 Å². The van der Waals surface area contributed by atoms with Gasteiger partial charge in [0.25, 0.3) is 0 Å². The van der Waals surface area contributed by atoms with Crippen LogP contribution in [-0.2, 0) is 9.47 Å². The van der Waals surface area contributed by atoms with Crippen LogP contribution >= 0.6 is 0 Å². The highest BCUT2D eigenvalue weighted by molar-refractivity contribution is 6.19. The summed E-state index contributed by atoms with van der Waals surface area (Å²) in [5, 5.41) is 3.84. The number of carbonyl (C=O) groups excluding carboxylic acids is 2. The standard InChI is InChI=1S/C50H36N4O4/c1-3-57-49(55)47-39(33-19-7-5-8-20-33)41(45-35-23-13-11-17-31(35)27-29-53(45)47)43-44(52-38-26-16-15-25-37(38)51-43)42-40(34-21-9-6-10-22-34)48(50(56)58-4-2)54-30-28-32-18-12-14-24-36(32)46(42)54/h5-30H,3-4H2,1-2H3. The third-order valence-corrected chi connectivity index (χ3v) is 10.8. The molecule has 8 nitrogen and oxygen atoms in total. The third kappa shape index (κ3) is 5.44. The molecule has 10 aromatic rings. The summed E-state index contributed by atoms with van der Waals surface area (Å²) in [5.41, 5.74) is 9.19. The van der Waals surface area contributed by atoms with Crippen LogP contribution in [0.15, 0.2) is 158 Å². The van der Waals surface area contributed by atoms with Gasteiger partial charge in [0.2, 0.25) is 0 Å². The molecule has 0 N–H and O–H groups in total. The Morgan fingerprint density at radius 3 is 1.26 bits per heavy atom. The predicted molar refractivity (Wildman–Crippen MR) is 230 cm³/mol. The number of nitrogens with zero attached hydrogens (tertiary/aromatic N) is 4. The molecule has 0 amide bonds. The number of benzene rings is 5. The molecule has 8 heteroatoms. The van der Waals surface area contributed by atoms with Crippen LogP contribution in [0.4, 0.5) is 0 Å². The summed E-state index contributed by atoms with van der Waals surface area (Å²) in [6.45, 7) is 4.03. The molecule has 0 spiro atoms. The third-order valence-electron chi connectivity index (χ3n) is 10.8. The summed E-state index contributed by atoms with van der Waals surface area (Å²) in [7, 11) is 0. The van der Waals surface area contributed by atoms with Gasteiger partial charge in [-0.3, -0.25) is 0 Å². The van der Waals surface area contributed by atoms with E-state index in [-0.39, 0.29) is 13.2 Å². The molecule has 0 bridgehead atoms. The lowest BCUT2D eigenvalue weighted by atomic mass is 9.91. The van der Waals surface area contributed by atoms with E-state index < -0.39 is 11.9 Å². The quantitative estimate of drug-likeness (QED) is 0.143. The summed E-state index contributed by atoms with van der Waals surface area (Å²) < 4.78 is 15.5. The zero-order chi connectivity index (χ0) is 39.3. The van der Waals surface area contributed by atoms with Crippen LogP contribution < -0.4 is 0 Å². The fourth-order valence-electron chi connectivity index (χ4n) is 8.41. The van der Waals surface area contributed by atoms with E-state index in [2.05, 4.69) is 24.3 Å². The molecule has 0 atom stereocenters.